The first kappa shape index (κ1) is 71.9. The molecule has 2 atom stereocenters. The highest BCUT2D eigenvalue weighted by Crippen LogP contribution is 2.43. The zero-order chi connectivity index (χ0) is 55.6. The number of likely N-dealkylation sites (N-methyl/N-ethyl adjacent to an activating group) is 1. The second-order valence-corrected chi connectivity index (χ2v) is 21.7. The summed E-state index contributed by atoms with van der Waals surface area (Å²) in [5, 5.41) is 0. The Morgan fingerprint density at radius 2 is 0.711 bits per heavy atom. The first-order valence-electron chi connectivity index (χ1n) is 29.6. The van der Waals surface area contributed by atoms with Gasteiger partial charge in [0, 0.05) is 12.8 Å². The predicted molar refractivity (Wildman–Crippen MR) is 325 cm³/mol. The van der Waals surface area contributed by atoms with E-state index in [-0.39, 0.29) is 32.0 Å². The van der Waals surface area contributed by atoms with Crippen LogP contribution in [-0.4, -0.2) is 74.9 Å². The van der Waals surface area contributed by atoms with Crippen LogP contribution in [0.4, 0.5) is 0 Å². The lowest BCUT2D eigenvalue weighted by Crippen LogP contribution is -2.37. The van der Waals surface area contributed by atoms with Crippen LogP contribution < -0.4 is 0 Å². The Kier molecular flexibility index (Phi) is 52.6. The number of ether oxygens (including phenoxy) is 2. The minimum Gasteiger partial charge on any atom is -0.462 e. The third kappa shape index (κ3) is 59.1. The van der Waals surface area contributed by atoms with Crippen molar-refractivity contribution in [2.75, 3.05) is 47.5 Å². The van der Waals surface area contributed by atoms with Gasteiger partial charge in [-0.2, -0.15) is 0 Å². The fraction of sp³-hybridized carbons (Fsp3) is 0.606. The molecule has 0 saturated carbocycles. The molecule has 1 N–H and O–H groups in total. The van der Waals surface area contributed by atoms with Crippen LogP contribution in [0.25, 0.3) is 0 Å². The van der Waals surface area contributed by atoms with Crippen LogP contribution in [0, 0.1) is 0 Å². The summed E-state index contributed by atoms with van der Waals surface area (Å²) in [6, 6.07) is 0. The van der Waals surface area contributed by atoms with E-state index >= 15 is 0 Å². The summed E-state index contributed by atoms with van der Waals surface area (Å²) in [5.41, 5.74) is 0. The molecule has 0 spiro atoms. The highest BCUT2D eigenvalue weighted by atomic mass is 31.2. The normalized spacial score (nSPS) is 14.3. The monoisotopic (exact) mass is 1070 g/mol. The van der Waals surface area contributed by atoms with Crippen molar-refractivity contribution in [1.82, 2.24) is 0 Å². The van der Waals surface area contributed by atoms with E-state index in [2.05, 4.69) is 160 Å². The number of carbonyl (C=O) groups is 2. The number of phosphoric acid groups is 1. The number of rotatable bonds is 52. The van der Waals surface area contributed by atoms with Gasteiger partial charge in [0.25, 0.3) is 0 Å². The average molecular weight is 1080 g/mol. The van der Waals surface area contributed by atoms with Crippen molar-refractivity contribution in [3.05, 3.63) is 146 Å². The Bertz CT molecular complexity index is 1790. The molecule has 0 aliphatic heterocycles. The van der Waals surface area contributed by atoms with E-state index in [0.29, 0.717) is 17.4 Å². The molecule has 0 saturated heterocycles. The van der Waals surface area contributed by atoms with Crippen LogP contribution in [0.15, 0.2) is 146 Å². The Labute approximate surface area is 465 Å². The molecule has 9 nitrogen and oxygen atoms in total. The number of quaternary nitrogens is 1. The third-order valence-electron chi connectivity index (χ3n) is 11.9. The van der Waals surface area contributed by atoms with Gasteiger partial charge in [-0.1, -0.05) is 224 Å². The molecule has 0 aromatic rings. The van der Waals surface area contributed by atoms with E-state index in [1.165, 1.54) is 25.7 Å². The summed E-state index contributed by atoms with van der Waals surface area (Å²) in [6.45, 7) is 4.16. The highest BCUT2D eigenvalue weighted by Gasteiger charge is 2.27. The zero-order valence-corrected chi connectivity index (χ0v) is 49.6. The molecule has 10 heteroatoms. The van der Waals surface area contributed by atoms with Gasteiger partial charge in [0.1, 0.15) is 19.8 Å². The number of nitrogens with zero attached hydrogens (tertiary/aromatic N) is 1. The van der Waals surface area contributed by atoms with Crippen molar-refractivity contribution in [1.29, 1.82) is 0 Å². The summed E-state index contributed by atoms with van der Waals surface area (Å²) in [5.74, 6) is -0.835. The molecule has 0 aromatic heterocycles. The van der Waals surface area contributed by atoms with E-state index in [1.54, 1.807) is 0 Å². The smallest absolute Gasteiger partial charge is 0.462 e. The molecular weight excluding hydrogens is 966 g/mol. The molecule has 76 heavy (non-hydrogen) atoms. The molecule has 2 unspecified atom stereocenters. The number of phosphoric ester groups is 1. The summed E-state index contributed by atoms with van der Waals surface area (Å²) in [7, 11) is 1.44. The predicted octanol–water partition coefficient (Wildman–Crippen LogP) is 18.7. The summed E-state index contributed by atoms with van der Waals surface area (Å²) in [4.78, 5) is 35.7. The summed E-state index contributed by atoms with van der Waals surface area (Å²) in [6.07, 6.45) is 81.9. The quantitative estimate of drug-likeness (QED) is 0.0211. The Morgan fingerprint density at radius 1 is 0.408 bits per heavy atom. The fourth-order valence-corrected chi connectivity index (χ4v) is 8.12. The molecule has 0 heterocycles. The van der Waals surface area contributed by atoms with Gasteiger partial charge >= 0.3 is 19.8 Å². The first-order chi connectivity index (χ1) is 37.0. The number of allylic oxidation sites excluding steroid dienone is 24. The van der Waals surface area contributed by atoms with Gasteiger partial charge in [0.15, 0.2) is 6.10 Å². The number of esters is 2. The van der Waals surface area contributed by atoms with Crippen LogP contribution in [0.2, 0.25) is 0 Å². The average Bonchev–Trinajstić information content (AvgIpc) is 3.38. The maximum absolute atomic E-state index is 12.8. The minimum atomic E-state index is -4.40. The van der Waals surface area contributed by atoms with Crippen molar-refractivity contribution in [3.8, 4) is 0 Å². The first-order valence-corrected chi connectivity index (χ1v) is 31.1. The molecular formula is C66H109NO8P+. The van der Waals surface area contributed by atoms with Gasteiger partial charge in [-0.15, -0.1) is 0 Å². The van der Waals surface area contributed by atoms with Crippen molar-refractivity contribution < 1.29 is 42.1 Å². The topological polar surface area (TPSA) is 108 Å². The van der Waals surface area contributed by atoms with Gasteiger partial charge in [0.05, 0.1) is 27.7 Å². The maximum Gasteiger partial charge on any atom is 0.472 e. The van der Waals surface area contributed by atoms with Gasteiger partial charge < -0.3 is 18.9 Å². The Balaban J connectivity index is 4.26. The molecule has 0 amide bonds. The second kappa shape index (κ2) is 55.6. The van der Waals surface area contributed by atoms with Crippen LogP contribution in [-0.2, 0) is 32.7 Å². The maximum atomic E-state index is 12.8. The molecule has 0 fully saturated rings. The molecule has 0 bridgehead atoms. The fourth-order valence-electron chi connectivity index (χ4n) is 7.37. The molecule has 0 aliphatic carbocycles. The Hall–Kier alpha value is -4.11. The van der Waals surface area contributed by atoms with Crippen LogP contribution in [0.1, 0.15) is 206 Å². The highest BCUT2D eigenvalue weighted by molar-refractivity contribution is 7.47. The van der Waals surface area contributed by atoms with Crippen LogP contribution in [0.5, 0.6) is 0 Å². The number of carbonyl (C=O) groups excluding carboxylic acids is 2. The van der Waals surface area contributed by atoms with E-state index in [0.717, 1.165) is 148 Å². The van der Waals surface area contributed by atoms with Gasteiger partial charge in [-0.05, 0) is 116 Å². The molecule has 0 aliphatic rings. The van der Waals surface area contributed by atoms with E-state index < -0.39 is 26.5 Å². The lowest BCUT2D eigenvalue weighted by molar-refractivity contribution is -0.870. The number of hydrogen-bond acceptors (Lipinski definition) is 7. The van der Waals surface area contributed by atoms with Crippen molar-refractivity contribution in [2.24, 2.45) is 0 Å². The SMILES string of the molecule is CC/C=C\C/C=C\C/C=C\C/C=C\C/C=C\C/C=C\C/C=C\C/C=C\CCCCCCCCC(=O)OC(COC(=O)CCCCCCCCCC/C=C\C/C=C\C/C=C\C/C=C\CC)COP(=O)(O)OCC[N+](C)(C)C. The zero-order valence-electron chi connectivity index (χ0n) is 48.7. The van der Waals surface area contributed by atoms with E-state index in [1.807, 2.05) is 21.1 Å². The van der Waals surface area contributed by atoms with Gasteiger partial charge in [-0.25, -0.2) is 4.57 Å². The summed E-state index contributed by atoms with van der Waals surface area (Å²) >= 11 is 0. The second-order valence-electron chi connectivity index (χ2n) is 20.3. The molecule has 0 radical (unpaired) electrons. The van der Waals surface area contributed by atoms with Gasteiger partial charge in [-0.3, -0.25) is 18.6 Å². The molecule has 0 aromatic carbocycles. The van der Waals surface area contributed by atoms with Gasteiger partial charge in [0.2, 0.25) is 0 Å². The molecule has 0 rings (SSSR count). The van der Waals surface area contributed by atoms with E-state index in [4.69, 9.17) is 18.5 Å². The standard InChI is InChI=1S/C66H108NO8P/c1-6-8-10-12-14-16-18-20-22-24-26-28-29-30-31-32-33-34-35-36-37-39-41-43-45-47-49-51-53-55-57-59-66(69)75-64(63-74-76(70,71)73-61-60-67(3,4)5)62-72-65(68)58-56-54-52-50-48-46-44-42-40-38-27-25-23-21-19-17-15-13-11-9-7-2/h8-11,14-17,20-23,26-28,30-31,33-34,36-38,41,43,64H,6-7,12-13,18-19,24-25,29,32,35,39-40,42,44-63H2,1-5H3/p+1/b10-8-,11-9-,16-14-,17-15-,22-20-,23-21-,28-26-,31-30-,34-33-,37-36-,38-27-,43-41-. The van der Waals surface area contributed by atoms with Crippen LogP contribution >= 0.6 is 7.82 Å². The lowest BCUT2D eigenvalue weighted by Gasteiger charge is -2.24. The van der Waals surface area contributed by atoms with E-state index in [9.17, 15) is 19.0 Å². The largest absolute Gasteiger partial charge is 0.472 e. The minimum absolute atomic E-state index is 0.0184. The number of hydrogen-bond donors (Lipinski definition) is 1. The number of unbranched alkanes of at least 4 members (excludes halogenated alkanes) is 14. The van der Waals surface area contributed by atoms with Crippen molar-refractivity contribution in [2.45, 2.75) is 213 Å². The van der Waals surface area contributed by atoms with Crippen molar-refractivity contribution >= 4 is 19.8 Å². The Morgan fingerprint density at radius 3 is 1.05 bits per heavy atom. The molecule has 430 valence electrons. The van der Waals surface area contributed by atoms with Crippen LogP contribution in [0.3, 0.4) is 0 Å². The van der Waals surface area contributed by atoms with Crippen molar-refractivity contribution in [3.63, 3.8) is 0 Å². The lowest BCUT2D eigenvalue weighted by atomic mass is 10.1. The third-order valence-corrected chi connectivity index (χ3v) is 12.8. The summed E-state index contributed by atoms with van der Waals surface area (Å²) < 4.78 is 34.6.